The van der Waals surface area contributed by atoms with Gasteiger partial charge in [0.1, 0.15) is 6.04 Å². The van der Waals surface area contributed by atoms with E-state index < -0.39 is 6.04 Å². The van der Waals surface area contributed by atoms with Crippen LogP contribution in [0.2, 0.25) is 0 Å². The summed E-state index contributed by atoms with van der Waals surface area (Å²) in [5.41, 5.74) is 0.852. The number of amides is 1. The van der Waals surface area contributed by atoms with Crippen LogP contribution >= 0.6 is 27.3 Å². The Balaban J connectivity index is 1.66. The lowest BCUT2D eigenvalue weighted by Gasteiger charge is -2.09. The third-order valence-electron chi connectivity index (χ3n) is 3.27. The van der Waals surface area contributed by atoms with Crippen LogP contribution in [0, 0.1) is 0 Å². The Kier molecular flexibility index (Phi) is 4.82. The number of nitrogens with one attached hydrogen (secondary N) is 1. The summed E-state index contributed by atoms with van der Waals surface area (Å²) >= 11 is 4.99. The number of hydrogen-bond donors (Lipinski definition) is 1. The van der Waals surface area contributed by atoms with Crippen LogP contribution in [0.5, 0.6) is 0 Å². The topological polar surface area (TPSA) is 72.7 Å². The molecule has 0 saturated carbocycles. The minimum atomic E-state index is -0.522. The van der Waals surface area contributed by atoms with Crippen LogP contribution in [-0.4, -0.2) is 26.1 Å². The minimum Gasteiger partial charge on any atom is -0.349 e. The lowest BCUT2D eigenvalue weighted by Crippen LogP contribution is -2.31. The van der Waals surface area contributed by atoms with Crippen LogP contribution in [0.1, 0.15) is 17.8 Å². The fourth-order valence-electron chi connectivity index (χ4n) is 1.94. The van der Waals surface area contributed by atoms with Crippen LogP contribution in [-0.2, 0) is 11.3 Å². The van der Waals surface area contributed by atoms with E-state index in [1.54, 1.807) is 18.3 Å². The molecule has 0 bridgehead atoms. The molecule has 6 nitrogen and oxygen atoms in total. The highest BCUT2D eigenvalue weighted by molar-refractivity contribution is 9.10. The van der Waals surface area contributed by atoms with E-state index in [1.807, 2.05) is 41.8 Å². The summed E-state index contributed by atoms with van der Waals surface area (Å²) in [4.78, 5) is 14.6. The molecule has 2 heterocycles. The van der Waals surface area contributed by atoms with E-state index in [9.17, 15) is 4.79 Å². The molecular weight excluding hydrogens is 378 g/mol. The molecule has 0 aliphatic rings. The van der Waals surface area contributed by atoms with Crippen LogP contribution in [0.3, 0.4) is 0 Å². The molecule has 0 aliphatic heterocycles. The SMILES string of the molecule is CC(C(=O)NCc1cccs1)n1nnc(-c2ccc(Br)cc2)n1. The molecule has 1 N–H and O–H groups in total. The first-order valence-corrected chi connectivity index (χ1v) is 8.66. The molecule has 0 radical (unpaired) electrons. The normalized spacial score (nSPS) is 12.1. The molecule has 0 fully saturated rings. The van der Waals surface area contributed by atoms with E-state index in [0.29, 0.717) is 12.4 Å². The highest BCUT2D eigenvalue weighted by Crippen LogP contribution is 2.18. The first-order chi connectivity index (χ1) is 11.1. The van der Waals surface area contributed by atoms with Gasteiger partial charge in [0.25, 0.3) is 0 Å². The zero-order chi connectivity index (χ0) is 16.2. The molecule has 1 amide bonds. The molecule has 3 rings (SSSR count). The van der Waals surface area contributed by atoms with Gasteiger partial charge in [0, 0.05) is 14.9 Å². The average molecular weight is 392 g/mol. The zero-order valence-corrected chi connectivity index (χ0v) is 14.7. The van der Waals surface area contributed by atoms with E-state index >= 15 is 0 Å². The molecule has 8 heteroatoms. The van der Waals surface area contributed by atoms with E-state index in [0.717, 1.165) is 14.9 Å². The number of carbonyl (C=O) groups is 1. The Morgan fingerprint density at radius 1 is 1.35 bits per heavy atom. The molecule has 1 atom stereocenters. The first-order valence-electron chi connectivity index (χ1n) is 6.99. The van der Waals surface area contributed by atoms with Crippen LogP contribution in [0.4, 0.5) is 0 Å². The largest absolute Gasteiger partial charge is 0.349 e. The van der Waals surface area contributed by atoms with E-state index in [-0.39, 0.29) is 5.91 Å². The Morgan fingerprint density at radius 3 is 2.83 bits per heavy atom. The third-order valence-corrected chi connectivity index (χ3v) is 4.68. The number of aromatic nitrogens is 4. The maximum absolute atomic E-state index is 12.2. The number of benzene rings is 1. The van der Waals surface area contributed by atoms with Gasteiger partial charge in [-0.15, -0.1) is 21.5 Å². The number of tetrazole rings is 1. The van der Waals surface area contributed by atoms with Crippen molar-refractivity contribution in [2.45, 2.75) is 19.5 Å². The zero-order valence-electron chi connectivity index (χ0n) is 12.3. The second-order valence-corrected chi connectivity index (χ2v) is 6.86. The monoisotopic (exact) mass is 391 g/mol. The number of hydrogen-bond acceptors (Lipinski definition) is 5. The van der Waals surface area contributed by atoms with Crippen molar-refractivity contribution in [1.82, 2.24) is 25.5 Å². The van der Waals surface area contributed by atoms with Gasteiger partial charge in [-0.25, -0.2) is 0 Å². The molecule has 0 aliphatic carbocycles. The molecule has 0 saturated heterocycles. The fraction of sp³-hybridized carbons (Fsp3) is 0.200. The molecule has 118 valence electrons. The molecule has 2 aromatic heterocycles. The quantitative estimate of drug-likeness (QED) is 0.725. The van der Waals surface area contributed by atoms with Gasteiger partial charge in [0.2, 0.25) is 11.7 Å². The molecule has 3 aromatic rings. The lowest BCUT2D eigenvalue weighted by molar-refractivity contribution is -0.124. The lowest BCUT2D eigenvalue weighted by atomic mass is 10.2. The van der Waals surface area contributed by atoms with Crippen molar-refractivity contribution in [1.29, 1.82) is 0 Å². The van der Waals surface area contributed by atoms with Gasteiger partial charge in [0.15, 0.2) is 0 Å². The molecule has 1 aromatic carbocycles. The highest BCUT2D eigenvalue weighted by atomic mass is 79.9. The summed E-state index contributed by atoms with van der Waals surface area (Å²) in [6.07, 6.45) is 0. The standard InChI is InChI=1S/C15H14BrN5OS/c1-10(15(22)17-9-13-3-2-8-23-13)21-19-14(18-20-21)11-4-6-12(16)7-5-11/h2-8,10H,9H2,1H3,(H,17,22). The van der Waals surface area contributed by atoms with Crippen molar-refractivity contribution in [2.24, 2.45) is 0 Å². The third kappa shape index (κ3) is 3.83. The Bertz CT molecular complexity index is 785. The molecule has 0 spiro atoms. The molecular formula is C15H14BrN5OS. The van der Waals surface area contributed by atoms with Crippen molar-refractivity contribution in [3.8, 4) is 11.4 Å². The maximum Gasteiger partial charge on any atom is 0.246 e. The van der Waals surface area contributed by atoms with E-state index in [4.69, 9.17) is 0 Å². The summed E-state index contributed by atoms with van der Waals surface area (Å²) in [5.74, 6) is 0.355. The molecule has 1 unspecified atom stereocenters. The van der Waals surface area contributed by atoms with Crippen LogP contribution in [0.15, 0.2) is 46.3 Å². The number of halogens is 1. The Morgan fingerprint density at radius 2 is 2.13 bits per heavy atom. The summed E-state index contributed by atoms with van der Waals surface area (Å²) in [6.45, 7) is 2.26. The molecule has 23 heavy (non-hydrogen) atoms. The predicted octanol–water partition coefficient (Wildman–Crippen LogP) is 3.04. The summed E-state index contributed by atoms with van der Waals surface area (Å²) in [6, 6.07) is 11.0. The number of rotatable bonds is 5. The van der Waals surface area contributed by atoms with Crippen LogP contribution < -0.4 is 5.32 Å². The van der Waals surface area contributed by atoms with Crippen molar-refractivity contribution >= 4 is 33.2 Å². The van der Waals surface area contributed by atoms with Gasteiger partial charge < -0.3 is 5.32 Å². The van der Waals surface area contributed by atoms with Crippen molar-refractivity contribution in [3.63, 3.8) is 0 Å². The fourth-order valence-corrected chi connectivity index (χ4v) is 2.85. The van der Waals surface area contributed by atoms with Crippen molar-refractivity contribution < 1.29 is 4.79 Å². The summed E-state index contributed by atoms with van der Waals surface area (Å²) in [5, 5.41) is 17.2. The van der Waals surface area contributed by atoms with Gasteiger partial charge in [-0.1, -0.05) is 22.0 Å². The smallest absolute Gasteiger partial charge is 0.246 e. The van der Waals surface area contributed by atoms with Crippen molar-refractivity contribution in [3.05, 3.63) is 51.1 Å². The Hall–Kier alpha value is -2.06. The van der Waals surface area contributed by atoms with Gasteiger partial charge >= 0.3 is 0 Å². The first kappa shape index (κ1) is 15.8. The summed E-state index contributed by atoms with van der Waals surface area (Å²) < 4.78 is 0.981. The van der Waals surface area contributed by atoms with E-state index in [1.165, 1.54) is 4.80 Å². The second kappa shape index (κ2) is 7.01. The number of nitrogens with zero attached hydrogens (tertiary/aromatic N) is 4. The highest BCUT2D eigenvalue weighted by Gasteiger charge is 2.18. The predicted molar refractivity (Wildman–Crippen MR) is 91.8 cm³/mol. The summed E-state index contributed by atoms with van der Waals surface area (Å²) in [7, 11) is 0. The minimum absolute atomic E-state index is 0.141. The van der Waals surface area contributed by atoms with Crippen molar-refractivity contribution in [2.75, 3.05) is 0 Å². The van der Waals surface area contributed by atoms with Gasteiger partial charge in [-0.3, -0.25) is 4.79 Å². The van der Waals surface area contributed by atoms with Gasteiger partial charge in [-0.2, -0.15) is 4.80 Å². The van der Waals surface area contributed by atoms with Gasteiger partial charge in [0.05, 0.1) is 6.54 Å². The van der Waals surface area contributed by atoms with Crippen LogP contribution in [0.25, 0.3) is 11.4 Å². The number of thiophene rings is 1. The van der Waals surface area contributed by atoms with E-state index in [2.05, 4.69) is 36.7 Å². The average Bonchev–Trinajstić information content (AvgIpc) is 3.24. The maximum atomic E-state index is 12.2. The van der Waals surface area contributed by atoms with Gasteiger partial charge in [-0.05, 0) is 47.8 Å². The Labute approximate surface area is 145 Å². The number of carbonyl (C=O) groups excluding carboxylic acids is 1. The second-order valence-electron chi connectivity index (χ2n) is 4.91.